The predicted molar refractivity (Wildman–Crippen MR) is 172 cm³/mol. The predicted octanol–water partition coefficient (Wildman–Crippen LogP) is 4.67. The molecule has 1 unspecified atom stereocenters. The SMILES string of the molecule is CCOC(=O)[C@H](CCCCCCCCN1C(=O)c2ccccc2C1=O)NC1COc2ccccc2N(CC(=O)OC(C)(C)C)C1=O. The van der Waals surface area contributed by atoms with E-state index in [1.165, 1.54) is 9.80 Å². The lowest BCUT2D eigenvalue weighted by atomic mass is 10.0. The van der Waals surface area contributed by atoms with Gasteiger partial charge in [0.05, 0.1) is 23.4 Å². The van der Waals surface area contributed by atoms with Crippen molar-refractivity contribution in [2.75, 3.05) is 31.2 Å². The van der Waals surface area contributed by atoms with Crippen molar-refractivity contribution in [1.29, 1.82) is 0 Å². The molecule has 11 nitrogen and oxygen atoms in total. The van der Waals surface area contributed by atoms with Crippen molar-refractivity contribution >= 4 is 35.3 Å². The summed E-state index contributed by atoms with van der Waals surface area (Å²) < 4.78 is 16.8. The molecule has 0 saturated carbocycles. The fourth-order valence-corrected chi connectivity index (χ4v) is 5.66. The third-order valence-electron chi connectivity index (χ3n) is 7.81. The Bertz CT molecular complexity index is 1380. The number of anilines is 1. The lowest BCUT2D eigenvalue weighted by Gasteiger charge is -2.28. The number of amides is 3. The molecule has 2 atom stereocenters. The van der Waals surface area contributed by atoms with Gasteiger partial charge in [0, 0.05) is 6.54 Å². The topological polar surface area (TPSA) is 132 Å². The normalized spacial score (nSPS) is 16.8. The summed E-state index contributed by atoms with van der Waals surface area (Å²) in [5.74, 6) is -1.40. The van der Waals surface area contributed by atoms with Crippen LogP contribution in [0, 0.1) is 0 Å². The van der Waals surface area contributed by atoms with E-state index < -0.39 is 35.5 Å². The summed E-state index contributed by atoms with van der Waals surface area (Å²) in [5, 5.41) is 3.16. The molecule has 0 spiro atoms. The Hall–Kier alpha value is -4.25. The van der Waals surface area contributed by atoms with Crippen LogP contribution in [-0.4, -0.2) is 78.5 Å². The molecule has 0 aliphatic carbocycles. The van der Waals surface area contributed by atoms with Gasteiger partial charge in [0.15, 0.2) is 0 Å². The van der Waals surface area contributed by atoms with E-state index in [9.17, 15) is 24.0 Å². The minimum absolute atomic E-state index is 0.0241. The number of unbranched alkanes of at least 4 members (excludes halogenated alkanes) is 5. The molecule has 2 heterocycles. The molecule has 0 saturated heterocycles. The molecule has 0 bridgehead atoms. The van der Waals surface area contributed by atoms with Crippen molar-refractivity contribution in [3.63, 3.8) is 0 Å². The number of hydrogen-bond acceptors (Lipinski definition) is 9. The van der Waals surface area contributed by atoms with Gasteiger partial charge in [-0.1, -0.05) is 56.4 Å². The van der Waals surface area contributed by atoms with Crippen LogP contribution in [0.1, 0.15) is 93.4 Å². The quantitative estimate of drug-likeness (QED) is 0.169. The first kappa shape index (κ1) is 34.6. The number of fused-ring (bicyclic) bond motifs is 2. The van der Waals surface area contributed by atoms with Gasteiger partial charge in [-0.15, -0.1) is 0 Å². The summed E-state index contributed by atoms with van der Waals surface area (Å²) in [7, 11) is 0. The Balaban J connectivity index is 1.27. The smallest absolute Gasteiger partial charge is 0.326 e. The minimum atomic E-state index is -0.897. The van der Waals surface area contributed by atoms with E-state index in [1.807, 2.05) is 0 Å². The van der Waals surface area contributed by atoms with Gasteiger partial charge in [0.2, 0.25) is 5.91 Å². The zero-order chi connectivity index (χ0) is 33.3. The molecule has 2 aliphatic heterocycles. The van der Waals surface area contributed by atoms with Crippen molar-refractivity contribution in [3.8, 4) is 5.75 Å². The number of ether oxygens (including phenoxy) is 3. The minimum Gasteiger partial charge on any atom is -0.489 e. The monoisotopic (exact) mass is 635 g/mol. The number of imide groups is 1. The summed E-state index contributed by atoms with van der Waals surface area (Å²) >= 11 is 0. The second-order valence-corrected chi connectivity index (χ2v) is 12.5. The molecule has 1 N–H and O–H groups in total. The van der Waals surface area contributed by atoms with Crippen LogP contribution in [-0.2, 0) is 23.9 Å². The number of carbonyl (C=O) groups excluding carboxylic acids is 5. The number of esters is 2. The van der Waals surface area contributed by atoms with Crippen LogP contribution in [0.3, 0.4) is 0 Å². The average molecular weight is 636 g/mol. The molecule has 0 aromatic heterocycles. The van der Waals surface area contributed by atoms with Gasteiger partial charge < -0.3 is 14.2 Å². The molecule has 2 aliphatic rings. The molecular weight excluding hydrogens is 590 g/mol. The zero-order valence-electron chi connectivity index (χ0n) is 27.2. The number of nitrogens with one attached hydrogen (secondary N) is 1. The lowest BCUT2D eigenvalue weighted by molar-refractivity contribution is -0.154. The molecule has 248 valence electrons. The van der Waals surface area contributed by atoms with Crippen molar-refractivity contribution in [2.45, 2.75) is 90.3 Å². The van der Waals surface area contributed by atoms with Crippen molar-refractivity contribution in [3.05, 3.63) is 59.7 Å². The van der Waals surface area contributed by atoms with Crippen LogP contribution in [0.15, 0.2) is 48.5 Å². The van der Waals surface area contributed by atoms with Crippen molar-refractivity contribution in [1.82, 2.24) is 10.2 Å². The molecule has 0 fully saturated rings. The van der Waals surface area contributed by atoms with Gasteiger partial charge in [-0.05, 0) is 64.8 Å². The summed E-state index contributed by atoms with van der Waals surface area (Å²) in [5.41, 5.74) is 0.676. The number of hydrogen-bond donors (Lipinski definition) is 1. The first-order valence-electron chi connectivity index (χ1n) is 16.1. The number of carbonyl (C=O) groups is 5. The Morgan fingerprint density at radius 2 is 1.50 bits per heavy atom. The second-order valence-electron chi connectivity index (χ2n) is 12.5. The van der Waals surface area contributed by atoms with Crippen LogP contribution in [0.25, 0.3) is 0 Å². The average Bonchev–Trinajstić information content (AvgIpc) is 3.17. The highest BCUT2D eigenvalue weighted by Crippen LogP contribution is 2.31. The van der Waals surface area contributed by atoms with E-state index in [-0.39, 0.29) is 31.6 Å². The molecule has 46 heavy (non-hydrogen) atoms. The van der Waals surface area contributed by atoms with E-state index in [1.54, 1.807) is 76.2 Å². The van der Waals surface area contributed by atoms with Crippen LogP contribution < -0.4 is 15.0 Å². The van der Waals surface area contributed by atoms with Gasteiger partial charge in [-0.3, -0.25) is 39.1 Å². The fourth-order valence-electron chi connectivity index (χ4n) is 5.66. The first-order valence-corrected chi connectivity index (χ1v) is 16.1. The standard InChI is InChI=1S/C35H45N3O8/c1-5-44-34(43)26(18-10-8-6-7-9-15-21-37-31(40)24-16-11-12-17-25(24)32(37)41)36-27-23-45-29-20-14-13-19-28(29)38(33(27)42)22-30(39)46-35(2,3)4/h11-14,16-17,19-20,26-27,36H,5-10,15,18,21-23H2,1-4H3/t26-,27?/m0/s1. The van der Waals surface area contributed by atoms with Gasteiger partial charge in [-0.25, -0.2) is 0 Å². The fraction of sp³-hybridized carbons (Fsp3) is 0.514. The summed E-state index contributed by atoms with van der Waals surface area (Å²) in [6.07, 6.45) is 5.47. The van der Waals surface area contributed by atoms with Gasteiger partial charge >= 0.3 is 11.9 Å². The highest BCUT2D eigenvalue weighted by atomic mass is 16.6. The lowest BCUT2D eigenvalue weighted by Crippen LogP contribution is -2.55. The van der Waals surface area contributed by atoms with Crippen molar-refractivity contribution in [2.24, 2.45) is 0 Å². The number of nitrogens with zero attached hydrogens (tertiary/aromatic N) is 2. The molecule has 0 radical (unpaired) electrons. The van der Waals surface area contributed by atoms with Crippen LogP contribution in [0.4, 0.5) is 5.69 Å². The van der Waals surface area contributed by atoms with Crippen LogP contribution in [0.5, 0.6) is 5.75 Å². The summed E-state index contributed by atoms with van der Waals surface area (Å²) in [6.45, 7) is 7.30. The van der Waals surface area contributed by atoms with Crippen molar-refractivity contribution < 1.29 is 38.2 Å². The summed E-state index contributed by atoms with van der Waals surface area (Å²) in [6, 6.07) is 12.3. The summed E-state index contributed by atoms with van der Waals surface area (Å²) in [4.78, 5) is 67.2. The molecule has 11 heteroatoms. The Kier molecular flexibility index (Phi) is 11.9. The highest BCUT2D eigenvalue weighted by Gasteiger charge is 2.37. The molecule has 3 amide bonds. The van der Waals surface area contributed by atoms with Gasteiger partial charge in [-0.2, -0.15) is 0 Å². The number of benzene rings is 2. The van der Waals surface area contributed by atoms with Crippen LogP contribution >= 0.6 is 0 Å². The van der Waals surface area contributed by atoms with Crippen LogP contribution in [0.2, 0.25) is 0 Å². The number of rotatable bonds is 15. The Labute approximate surface area is 270 Å². The zero-order valence-corrected chi connectivity index (χ0v) is 27.2. The maximum absolute atomic E-state index is 13.8. The third-order valence-corrected chi connectivity index (χ3v) is 7.81. The van der Waals surface area contributed by atoms with E-state index in [0.717, 1.165) is 38.5 Å². The number of para-hydroxylation sites is 2. The van der Waals surface area contributed by atoms with E-state index in [2.05, 4.69) is 5.32 Å². The maximum Gasteiger partial charge on any atom is 0.326 e. The highest BCUT2D eigenvalue weighted by molar-refractivity contribution is 6.21. The molecule has 4 rings (SSSR count). The largest absolute Gasteiger partial charge is 0.489 e. The molecule has 2 aromatic carbocycles. The molecule has 2 aromatic rings. The van der Waals surface area contributed by atoms with E-state index in [0.29, 0.717) is 35.5 Å². The Morgan fingerprint density at radius 3 is 2.15 bits per heavy atom. The second kappa shape index (κ2) is 15.8. The third kappa shape index (κ3) is 8.93. The van der Waals surface area contributed by atoms with Gasteiger partial charge in [0.1, 0.15) is 36.6 Å². The first-order chi connectivity index (χ1) is 22.0. The Morgan fingerprint density at radius 1 is 0.891 bits per heavy atom. The van der Waals surface area contributed by atoms with E-state index in [4.69, 9.17) is 14.2 Å². The van der Waals surface area contributed by atoms with Gasteiger partial charge in [0.25, 0.3) is 11.8 Å². The maximum atomic E-state index is 13.8. The van der Waals surface area contributed by atoms with E-state index >= 15 is 0 Å². The molecular formula is C35H45N3O8.